The maximum absolute atomic E-state index is 12.7. The first-order chi connectivity index (χ1) is 11.6. The molecule has 0 bridgehead atoms. The summed E-state index contributed by atoms with van der Waals surface area (Å²) in [4.78, 5) is 33.3. The van der Waals surface area contributed by atoms with E-state index in [1.54, 1.807) is 17.8 Å². The van der Waals surface area contributed by atoms with Gasteiger partial charge in [-0.25, -0.2) is 14.9 Å². The van der Waals surface area contributed by atoms with Crippen LogP contribution in [0.3, 0.4) is 0 Å². The van der Waals surface area contributed by atoms with Crippen molar-refractivity contribution in [2.45, 2.75) is 18.8 Å². The molecule has 8 nitrogen and oxygen atoms in total. The summed E-state index contributed by atoms with van der Waals surface area (Å²) >= 11 is 0. The van der Waals surface area contributed by atoms with Crippen LogP contribution in [-0.4, -0.2) is 48.6 Å². The first kappa shape index (κ1) is 14.7. The van der Waals surface area contributed by atoms with Crippen molar-refractivity contribution in [1.82, 2.24) is 29.6 Å². The molecule has 0 radical (unpaired) electrons. The maximum Gasteiger partial charge on any atom is 0.343 e. The Hall–Kier alpha value is -2.90. The number of carbonyl (C=O) groups is 1. The molecule has 0 aliphatic carbocycles. The number of carbonyl (C=O) groups excluding carboxylic acids is 1. The summed E-state index contributed by atoms with van der Waals surface area (Å²) in [5, 5.41) is 7.51. The summed E-state index contributed by atoms with van der Waals surface area (Å²) in [5.74, 6) is 0.951. The lowest BCUT2D eigenvalue weighted by Gasteiger charge is -2.31. The van der Waals surface area contributed by atoms with E-state index in [9.17, 15) is 9.59 Å². The monoisotopic (exact) mass is 326 g/mol. The Bertz CT molecular complexity index is 912. The van der Waals surface area contributed by atoms with Gasteiger partial charge in [0.05, 0.1) is 0 Å². The molecule has 3 aromatic rings. The van der Waals surface area contributed by atoms with E-state index in [0.29, 0.717) is 18.8 Å². The fraction of sp³-hybridized carbons (Fsp3) is 0.375. The third kappa shape index (κ3) is 2.40. The molecular formula is C16H18N6O2. The fourth-order valence-electron chi connectivity index (χ4n) is 3.31. The molecule has 0 aromatic carbocycles. The van der Waals surface area contributed by atoms with Gasteiger partial charge in [-0.3, -0.25) is 9.36 Å². The highest BCUT2D eigenvalue weighted by Crippen LogP contribution is 2.26. The number of hydrogen-bond acceptors (Lipinski definition) is 4. The van der Waals surface area contributed by atoms with E-state index < -0.39 is 0 Å². The Morgan fingerprint density at radius 1 is 1.33 bits per heavy atom. The summed E-state index contributed by atoms with van der Waals surface area (Å²) < 4.78 is 1.55. The van der Waals surface area contributed by atoms with Gasteiger partial charge in [-0.1, -0.05) is 0 Å². The molecule has 1 saturated heterocycles. The number of fused-ring (bicyclic) bond motifs is 1. The number of hydrogen-bond donors (Lipinski definition) is 2. The number of H-pyrrole nitrogens is 2. The molecule has 8 heteroatoms. The zero-order chi connectivity index (χ0) is 16.7. The van der Waals surface area contributed by atoms with Crippen LogP contribution in [0.1, 0.15) is 35.1 Å². The van der Waals surface area contributed by atoms with Gasteiger partial charge in [-0.15, -0.1) is 0 Å². The van der Waals surface area contributed by atoms with Gasteiger partial charge >= 0.3 is 5.69 Å². The van der Waals surface area contributed by atoms with Gasteiger partial charge in [-0.2, -0.15) is 5.10 Å². The minimum atomic E-state index is -0.200. The van der Waals surface area contributed by atoms with Gasteiger partial charge in [0.15, 0.2) is 0 Å². The van der Waals surface area contributed by atoms with E-state index in [1.165, 1.54) is 0 Å². The highest BCUT2D eigenvalue weighted by molar-refractivity contribution is 5.97. The molecule has 0 unspecified atom stereocenters. The average molecular weight is 326 g/mol. The lowest BCUT2D eigenvalue weighted by molar-refractivity contribution is 0.0705. The molecule has 1 aliphatic rings. The van der Waals surface area contributed by atoms with Crippen LogP contribution in [0.2, 0.25) is 0 Å². The van der Waals surface area contributed by atoms with Crippen molar-refractivity contribution >= 4 is 16.9 Å². The largest absolute Gasteiger partial charge is 0.343 e. The molecule has 3 aromatic heterocycles. The Morgan fingerprint density at radius 2 is 2.12 bits per heavy atom. The Labute approximate surface area is 137 Å². The molecule has 1 aliphatic heterocycles. The summed E-state index contributed by atoms with van der Waals surface area (Å²) in [6.45, 7) is 1.29. The zero-order valence-electron chi connectivity index (χ0n) is 13.3. The van der Waals surface area contributed by atoms with E-state index in [4.69, 9.17) is 0 Å². The van der Waals surface area contributed by atoms with Crippen LogP contribution in [-0.2, 0) is 7.05 Å². The summed E-state index contributed by atoms with van der Waals surface area (Å²) in [5.41, 5.74) is 1.09. The maximum atomic E-state index is 12.7. The number of rotatable bonds is 2. The number of amides is 1. The average Bonchev–Trinajstić information content (AvgIpc) is 3.19. The highest BCUT2D eigenvalue weighted by Gasteiger charge is 2.28. The molecule has 4 rings (SSSR count). The topological polar surface area (TPSA) is 99.7 Å². The molecule has 24 heavy (non-hydrogen) atoms. The zero-order valence-corrected chi connectivity index (χ0v) is 13.3. The second kappa shape index (κ2) is 5.63. The van der Waals surface area contributed by atoms with Crippen molar-refractivity contribution < 1.29 is 4.79 Å². The lowest BCUT2D eigenvalue weighted by atomic mass is 9.96. The van der Waals surface area contributed by atoms with Crippen molar-refractivity contribution in [2.75, 3.05) is 13.1 Å². The normalized spacial score (nSPS) is 16.0. The van der Waals surface area contributed by atoms with Crippen LogP contribution >= 0.6 is 0 Å². The van der Waals surface area contributed by atoms with Crippen molar-refractivity contribution in [1.29, 1.82) is 0 Å². The quantitative estimate of drug-likeness (QED) is 0.734. The first-order valence-electron chi connectivity index (χ1n) is 7.98. The molecular weight excluding hydrogens is 308 g/mol. The van der Waals surface area contributed by atoms with E-state index in [2.05, 4.69) is 20.2 Å². The fourth-order valence-corrected chi connectivity index (χ4v) is 3.31. The standard InChI is InChI=1S/C16H18N6O2/c1-21-14(19-20-16(21)24)10-4-7-22(8-5-10)15(23)12-9-11-3-2-6-17-13(11)18-12/h2-3,6,9-10H,4-5,7-8H2,1H3,(H,17,18)(H,20,24). The molecule has 0 atom stereocenters. The number of piperidine rings is 1. The third-order valence-corrected chi connectivity index (χ3v) is 4.68. The van der Waals surface area contributed by atoms with E-state index in [1.807, 2.05) is 23.1 Å². The van der Waals surface area contributed by atoms with E-state index in [0.717, 1.165) is 29.7 Å². The van der Waals surface area contributed by atoms with Crippen molar-refractivity contribution in [3.8, 4) is 0 Å². The van der Waals surface area contributed by atoms with Gasteiger partial charge < -0.3 is 9.88 Å². The van der Waals surface area contributed by atoms with Crippen LogP contribution < -0.4 is 5.69 Å². The molecule has 0 saturated carbocycles. The summed E-state index contributed by atoms with van der Waals surface area (Å²) in [6, 6.07) is 5.62. The number of aromatic nitrogens is 5. The smallest absolute Gasteiger partial charge is 0.337 e. The van der Waals surface area contributed by atoms with Gasteiger partial charge in [0.1, 0.15) is 17.2 Å². The second-order valence-corrected chi connectivity index (χ2v) is 6.14. The van der Waals surface area contributed by atoms with Crippen molar-refractivity contribution in [2.24, 2.45) is 7.05 Å². The number of aromatic amines is 2. The minimum absolute atomic E-state index is 0.0117. The first-order valence-corrected chi connectivity index (χ1v) is 7.98. The predicted octanol–water partition coefficient (Wildman–Crippen LogP) is 1.00. The highest BCUT2D eigenvalue weighted by atomic mass is 16.2. The third-order valence-electron chi connectivity index (χ3n) is 4.68. The van der Waals surface area contributed by atoms with E-state index >= 15 is 0 Å². The minimum Gasteiger partial charge on any atom is -0.337 e. The molecule has 0 spiro atoms. The van der Waals surface area contributed by atoms with Crippen molar-refractivity contribution in [3.63, 3.8) is 0 Å². The number of pyridine rings is 1. The van der Waals surface area contributed by atoms with Crippen LogP contribution in [0, 0.1) is 0 Å². The van der Waals surface area contributed by atoms with Crippen LogP contribution in [0.5, 0.6) is 0 Å². The lowest BCUT2D eigenvalue weighted by Crippen LogP contribution is -2.38. The Kier molecular flexibility index (Phi) is 3.44. The van der Waals surface area contributed by atoms with Gasteiger partial charge in [0.25, 0.3) is 5.91 Å². The van der Waals surface area contributed by atoms with Crippen LogP contribution in [0.25, 0.3) is 11.0 Å². The predicted molar refractivity (Wildman–Crippen MR) is 87.8 cm³/mol. The SMILES string of the molecule is Cn1c(C2CCN(C(=O)c3cc4cccnc4[nH]3)CC2)n[nH]c1=O. The molecule has 124 valence electrons. The van der Waals surface area contributed by atoms with Gasteiger partial charge in [-0.05, 0) is 31.0 Å². The van der Waals surface area contributed by atoms with Crippen LogP contribution in [0.15, 0.2) is 29.2 Å². The van der Waals surface area contributed by atoms with Crippen LogP contribution in [0.4, 0.5) is 0 Å². The number of nitrogens with one attached hydrogen (secondary N) is 2. The van der Waals surface area contributed by atoms with E-state index in [-0.39, 0.29) is 17.5 Å². The molecule has 1 amide bonds. The molecule has 1 fully saturated rings. The number of nitrogens with zero attached hydrogens (tertiary/aromatic N) is 4. The number of likely N-dealkylation sites (tertiary alicyclic amines) is 1. The Morgan fingerprint density at radius 3 is 2.79 bits per heavy atom. The van der Waals surface area contributed by atoms with Gasteiger partial charge in [0, 0.05) is 37.6 Å². The molecule has 4 heterocycles. The van der Waals surface area contributed by atoms with Gasteiger partial charge in [0.2, 0.25) is 0 Å². The second-order valence-electron chi connectivity index (χ2n) is 6.14. The summed E-state index contributed by atoms with van der Waals surface area (Å²) in [7, 11) is 1.72. The van der Waals surface area contributed by atoms with Crippen molar-refractivity contribution in [3.05, 3.63) is 46.4 Å². The summed E-state index contributed by atoms with van der Waals surface area (Å²) in [6.07, 6.45) is 3.29. The Balaban J connectivity index is 1.48. The molecule has 2 N–H and O–H groups in total.